The first-order valence-electron chi connectivity index (χ1n) is 15.7. The molecule has 1 aliphatic heterocycles. The minimum absolute atomic E-state index is 0.0937. The van der Waals surface area contributed by atoms with Gasteiger partial charge < -0.3 is 15.1 Å². The molecule has 4 nitrogen and oxygen atoms in total. The predicted octanol–water partition coefficient (Wildman–Crippen LogP) is 7.36. The third-order valence-electron chi connectivity index (χ3n) is 11.0. The number of rotatable bonds is 11. The number of fused-ring (bicyclic) bond motifs is 5. The molecule has 3 aliphatic carbocycles. The number of likely N-dealkylation sites (tertiary alicyclic amines) is 1. The number of aromatic hydroxyl groups is 1. The molecule has 1 heterocycles. The van der Waals surface area contributed by atoms with E-state index < -0.39 is 0 Å². The van der Waals surface area contributed by atoms with Crippen LogP contribution in [0.25, 0.3) is 0 Å². The fourth-order valence-corrected chi connectivity index (χ4v) is 9.00. The van der Waals surface area contributed by atoms with Gasteiger partial charge >= 0.3 is 0 Å². The van der Waals surface area contributed by atoms with E-state index in [4.69, 9.17) is 0 Å². The number of phenolic OH excluding ortho intramolecular Hbond substituents is 1. The highest BCUT2D eigenvalue weighted by atomic mass is 16.3. The number of aliphatic hydroxyl groups excluding tert-OH is 1. The normalized spacial score (nSPS) is 32.7. The standard InChI is InChI=1S/C33H51NO3/c1-33-23-25(12-8-6-4-2-3-5-7-9-13-31(37)34-20-10-11-21-34)32-27-17-15-26(35)22-24(27)14-16-28(32)29(33)18-19-30(33)36/h15,17,22,25,28-30,32,35-36H,2-14,16,18-21,23H2,1H3/t25-,28-,29-,30-,32+,33-/m0/s1. The van der Waals surface area contributed by atoms with E-state index in [1.165, 1.54) is 88.2 Å². The third-order valence-corrected chi connectivity index (χ3v) is 11.0. The highest BCUT2D eigenvalue weighted by Crippen LogP contribution is 2.63. The maximum atomic E-state index is 12.2. The predicted molar refractivity (Wildman–Crippen MR) is 150 cm³/mol. The van der Waals surface area contributed by atoms with Crippen molar-refractivity contribution < 1.29 is 15.0 Å². The summed E-state index contributed by atoms with van der Waals surface area (Å²) in [7, 11) is 0. The van der Waals surface area contributed by atoms with E-state index >= 15 is 0 Å². The summed E-state index contributed by atoms with van der Waals surface area (Å²) in [4.78, 5) is 14.2. The van der Waals surface area contributed by atoms with Crippen LogP contribution in [0.3, 0.4) is 0 Å². The van der Waals surface area contributed by atoms with E-state index in [2.05, 4.69) is 17.9 Å². The molecule has 1 saturated heterocycles. The van der Waals surface area contributed by atoms with Gasteiger partial charge in [-0.2, -0.15) is 0 Å². The number of hydrogen-bond acceptors (Lipinski definition) is 3. The Hall–Kier alpha value is -1.55. The van der Waals surface area contributed by atoms with Gasteiger partial charge in [-0.05, 0) is 110 Å². The van der Waals surface area contributed by atoms with Gasteiger partial charge in [0.2, 0.25) is 5.91 Å². The number of phenols is 1. The van der Waals surface area contributed by atoms with Crippen molar-refractivity contribution in [2.45, 2.75) is 128 Å². The number of aryl methyl sites for hydroxylation is 1. The van der Waals surface area contributed by atoms with E-state index in [9.17, 15) is 15.0 Å². The van der Waals surface area contributed by atoms with E-state index in [0.717, 1.165) is 45.2 Å². The summed E-state index contributed by atoms with van der Waals surface area (Å²) < 4.78 is 0. The molecule has 5 rings (SSSR count). The number of unbranched alkanes of at least 4 members (excludes halogenated alkanes) is 7. The number of amides is 1. The number of hydrogen-bond donors (Lipinski definition) is 2. The van der Waals surface area contributed by atoms with Crippen molar-refractivity contribution in [3.63, 3.8) is 0 Å². The molecule has 1 amide bonds. The molecule has 3 fully saturated rings. The van der Waals surface area contributed by atoms with Crippen LogP contribution in [-0.2, 0) is 11.2 Å². The molecule has 0 aromatic heterocycles. The lowest BCUT2D eigenvalue weighted by Crippen LogP contribution is -2.47. The van der Waals surface area contributed by atoms with Crippen molar-refractivity contribution in [1.29, 1.82) is 0 Å². The van der Waals surface area contributed by atoms with Gasteiger partial charge in [-0.25, -0.2) is 0 Å². The van der Waals surface area contributed by atoms with Gasteiger partial charge in [-0.1, -0.05) is 57.9 Å². The summed E-state index contributed by atoms with van der Waals surface area (Å²) in [5.41, 5.74) is 2.97. The number of carbonyl (C=O) groups excluding carboxylic acids is 1. The Morgan fingerprint density at radius 3 is 2.43 bits per heavy atom. The lowest BCUT2D eigenvalue weighted by atomic mass is 9.51. The first-order chi connectivity index (χ1) is 18.0. The third kappa shape index (κ3) is 5.89. The average Bonchev–Trinajstić information content (AvgIpc) is 3.53. The van der Waals surface area contributed by atoms with Crippen LogP contribution < -0.4 is 0 Å². The molecule has 0 radical (unpaired) electrons. The van der Waals surface area contributed by atoms with Crippen molar-refractivity contribution in [3.8, 4) is 5.75 Å². The van der Waals surface area contributed by atoms with Gasteiger partial charge in [-0.3, -0.25) is 4.79 Å². The molecule has 4 heteroatoms. The first kappa shape index (κ1) is 27.0. The maximum absolute atomic E-state index is 12.2. The highest BCUT2D eigenvalue weighted by molar-refractivity contribution is 5.76. The molecule has 37 heavy (non-hydrogen) atoms. The van der Waals surface area contributed by atoms with Crippen molar-refractivity contribution in [3.05, 3.63) is 29.3 Å². The van der Waals surface area contributed by atoms with Gasteiger partial charge in [0.1, 0.15) is 5.75 Å². The summed E-state index contributed by atoms with van der Waals surface area (Å²) in [6.45, 7) is 4.36. The SMILES string of the molecule is C[C@]12C[C@H](CCCCCCCCCCC(=O)N3CCCC3)[C@@H]3c4ccc(O)cc4CC[C@H]3[C@@H]1CC[C@@H]2O. The fourth-order valence-electron chi connectivity index (χ4n) is 9.00. The van der Waals surface area contributed by atoms with Gasteiger partial charge in [0, 0.05) is 19.5 Å². The molecule has 0 spiro atoms. The second-order valence-electron chi connectivity index (χ2n) is 13.2. The van der Waals surface area contributed by atoms with Crippen LogP contribution in [0, 0.1) is 23.2 Å². The second kappa shape index (κ2) is 12.1. The zero-order valence-electron chi connectivity index (χ0n) is 23.3. The Bertz CT molecular complexity index is 909. The molecule has 0 unspecified atom stereocenters. The number of aliphatic hydroxyl groups is 1. The Balaban J connectivity index is 1.06. The van der Waals surface area contributed by atoms with E-state index in [1.807, 2.05) is 12.1 Å². The minimum Gasteiger partial charge on any atom is -0.508 e. The van der Waals surface area contributed by atoms with E-state index in [0.29, 0.717) is 35.3 Å². The van der Waals surface area contributed by atoms with Crippen LogP contribution in [-0.4, -0.2) is 40.2 Å². The monoisotopic (exact) mass is 509 g/mol. The van der Waals surface area contributed by atoms with Crippen LogP contribution in [0.5, 0.6) is 5.75 Å². The molecule has 2 saturated carbocycles. The second-order valence-corrected chi connectivity index (χ2v) is 13.2. The van der Waals surface area contributed by atoms with Gasteiger partial charge in [-0.15, -0.1) is 0 Å². The van der Waals surface area contributed by atoms with Crippen molar-refractivity contribution in [1.82, 2.24) is 4.90 Å². The lowest BCUT2D eigenvalue weighted by Gasteiger charge is -2.54. The summed E-state index contributed by atoms with van der Waals surface area (Å²) in [6.07, 6.45) is 20.0. The summed E-state index contributed by atoms with van der Waals surface area (Å²) in [5.74, 6) is 3.38. The molecule has 2 N–H and O–H groups in total. The smallest absolute Gasteiger partial charge is 0.222 e. The molecule has 206 valence electrons. The zero-order valence-corrected chi connectivity index (χ0v) is 23.3. The maximum Gasteiger partial charge on any atom is 0.222 e. The number of carbonyl (C=O) groups is 1. The molecule has 1 aromatic rings. The largest absolute Gasteiger partial charge is 0.508 e. The fraction of sp³-hybridized carbons (Fsp3) is 0.788. The molecular formula is C33H51NO3. The minimum atomic E-state index is -0.132. The van der Waals surface area contributed by atoms with Crippen LogP contribution in [0.2, 0.25) is 0 Å². The summed E-state index contributed by atoms with van der Waals surface area (Å²) >= 11 is 0. The van der Waals surface area contributed by atoms with Crippen LogP contribution in [0.15, 0.2) is 18.2 Å². The number of benzene rings is 1. The van der Waals surface area contributed by atoms with Crippen molar-refractivity contribution in [2.24, 2.45) is 23.2 Å². The van der Waals surface area contributed by atoms with E-state index in [1.54, 1.807) is 0 Å². The quantitative estimate of drug-likeness (QED) is 0.306. The zero-order chi connectivity index (χ0) is 25.8. The Kier molecular flexibility index (Phi) is 8.84. The summed E-state index contributed by atoms with van der Waals surface area (Å²) in [6, 6.07) is 6.14. The Morgan fingerprint density at radius 1 is 0.973 bits per heavy atom. The Morgan fingerprint density at radius 2 is 1.68 bits per heavy atom. The summed E-state index contributed by atoms with van der Waals surface area (Å²) in [5, 5.41) is 21.1. The molecule has 0 bridgehead atoms. The first-order valence-corrected chi connectivity index (χ1v) is 15.7. The van der Waals surface area contributed by atoms with Gasteiger partial charge in [0.05, 0.1) is 6.10 Å². The molecule has 4 aliphatic rings. The Labute approximate surface area is 225 Å². The van der Waals surface area contributed by atoms with Gasteiger partial charge in [0.15, 0.2) is 0 Å². The van der Waals surface area contributed by atoms with E-state index in [-0.39, 0.29) is 11.5 Å². The van der Waals surface area contributed by atoms with Crippen molar-refractivity contribution >= 4 is 5.91 Å². The van der Waals surface area contributed by atoms with Crippen molar-refractivity contribution in [2.75, 3.05) is 13.1 Å². The topological polar surface area (TPSA) is 60.8 Å². The average molecular weight is 510 g/mol. The van der Waals surface area contributed by atoms with Crippen LogP contribution in [0.4, 0.5) is 0 Å². The molecule has 1 aromatic carbocycles. The van der Waals surface area contributed by atoms with Gasteiger partial charge in [0.25, 0.3) is 0 Å². The van der Waals surface area contributed by atoms with Crippen LogP contribution in [0.1, 0.15) is 127 Å². The number of nitrogens with zero attached hydrogens (tertiary/aromatic N) is 1. The molecular weight excluding hydrogens is 458 g/mol. The lowest BCUT2D eigenvalue weighted by molar-refractivity contribution is -0.130. The highest BCUT2D eigenvalue weighted by Gasteiger charge is 2.57. The molecule has 6 atom stereocenters. The van der Waals surface area contributed by atoms with Crippen LogP contribution >= 0.6 is 0 Å².